The summed E-state index contributed by atoms with van der Waals surface area (Å²) in [5.41, 5.74) is 0.247. The van der Waals surface area contributed by atoms with Gasteiger partial charge >= 0.3 is 17.9 Å². The average Bonchev–Trinajstić information content (AvgIpc) is 2.86. The Morgan fingerprint density at radius 1 is 0.943 bits per heavy atom. The first-order chi connectivity index (χ1) is 16.8. The van der Waals surface area contributed by atoms with Crippen LogP contribution in [0.3, 0.4) is 0 Å². The number of hydrogen-bond donors (Lipinski definition) is 1. The van der Waals surface area contributed by atoms with Gasteiger partial charge in [0.15, 0.2) is 24.6 Å². The summed E-state index contributed by atoms with van der Waals surface area (Å²) < 4.78 is 28.2. The van der Waals surface area contributed by atoms with E-state index in [1.807, 2.05) is 0 Å². The Morgan fingerprint density at radius 3 is 1.97 bits per heavy atom. The number of methoxy groups -OCH3 is 1. The van der Waals surface area contributed by atoms with E-state index in [0.717, 1.165) is 0 Å². The van der Waals surface area contributed by atoms with E-state index in [-0.39, 0.29) is 5.56 Å². The van der Waals surface area contributed by atoms with Crippen molar-refractivity contribution in [3.05, 3.63) is 61.2 Å². The van der Waals surface area contributed by atoms with Crippen LogP contribution in [0.25, 0.3) is 0 Å². The van der Waals surface area contributed by atoms with E-state index in [4.69, 9.17) is 23.7 Å². The number of benzene rings is 1. The molecular formula is C26H34O9. The van der Waals surface area contributed by atoms with E-state index >= 15 is 0 Å². The Bertz CT molecular complexity index is 869. The summed E-state index contributed by atoms with van der Waals surface area (Å²) in [6.45, 7) is 10.00. The highest BCUT2D eigenvalue weighted by Crippen LogP contribution is 2.31. The fourth-order valence-electron chi connectivity index (χ4n) is 3.58. The monoisotopic (exact) mass is 490 g/mol. The molecule has 0 unspecified atom stereocenters. The maximum atomic E-state index is 12.9. The highest BCUT2D eigenvalue weighted by atomic mass is 16.7. The maximum Gasteiger partial charge on any atom is 0.338 e. The molecule has 0 aliphatic carbocycles. The van der Waals surface area contributed by atoms with E-state index in [2.05, 4.69) is 13.2 Å². The molecule has 1 fully saturated rings. The van der Waals surface area contributed by atoms with Gasteiger partial charge in [0.1, 0.15) is 6.10 Å². The lowest BCUT2D eigenvalue weighted by atomic mass is 9.97. The molecule has 192 valence electrons. The smallest absolute Gasteiger partial charge is 0.338 e. The third kappa shape index (κ3) is 7.48. The van der Waals surface area contributed by atoms with Gasteiger partial charge in [-0.15, -0.1) is 13.2 Å². The molecule has 0 spiro atoms. The molecule has 35 heavy (non-hydrogen) atoms. The summed E-state index contributed by atoms with van der Waals surface area (Å²) in [5, 5.41) is 9.99. The van der Waals surface area contributed by atoms with E-state index in [1.54, 1.807) is 56.3 Å². The molecule has 1 heterocycles. The van der Waals surface area contributed by atoms with Gasteiger partial charge < -0.3 is 28.8 Å². The van der Waals surface area contributed by atoms with Crippen LogP contribution >= 0.6 is 0 Å². The van der Waals surface area contributed by atoms with Gasteiger partial charge in [-0.2, -0.15) is 0 Å². The Balaban J connectivity index is 2.43. The van der Waals surface area contributed by atoms with Crippen molar-refractivity contribution in [3.8, 4) is 0 Å². The van der Waals surface area contributed by atoms with Gasteiger partial charge in [0.25, 0.3) is 0 Å². The van der Waals surface area contributed by atoms with Gasteiger partial charge in [0.05, 0.1) is 24.0 Å². The van der Waals surface area contributed by atoms with Gasteiger partial charge in [0.2, 0.25) is 0 Å². The predicted octanol–water partition coefficient (Wildman–Crippen LogP) is 2.82. The van der Waals surface area contributed by atoms with Crippen molar-refractivity contribution < 1.29 is 43.2 Å². The van der Waals surface area contributed by atoms with Crippen molar-refractivity contribution in [1.29, 1.82) is 0 Å². The van der Waals surface area contributed by atoms with Crippen LogP contribution in [0.4, 0.5) is 0 Å². The summed E-state index contributed by atoms with van der Waals surface area (Å²) >= 11 is 0. The maximum absolute atomic E-state index is 12.9. The topological polar surface area (TPSA) is 118 Å². The molecule has 1 saturated heterocycles. The lowest BCUT2D eigenvalue weighted by molar-refractivity contribution is -0.301. The zero-order valence-corrected chi connectivity index (χ0v) is 20.3. The van der Waals surface area contributed by atoms with Crippen molar-refractivity contribution in [1.82, 2.24) is 0 Å². The number of esters is 3. The number of ether oxygens (including phenoxy) is 5. The number of carbonyl (C=O) groups excluding carboxylic acids is 3. The third-order valence-electron chi connectivity index (χ3n) is 5.61. The fourth-order valence-corrected chi connectivity index (χ4v) is 3.58. The van der Waals surface area contributed by atoms with E-state index in [0.29, 0.717) is 12.8 Å². The molecule has 0 radical (unpaired) electrons. The summed E-state index contributed by atoms with van der Waals surface area (Å²) in [6.07, 6.45) is -2.30. The van der Waals surface area contributed by atoms with Crippen molar-refractivity contribution in [2.45, 2.75) is 57.4 Å². The third-order valence-corrected chi connectivity index (χ3v) is 5.61. The van der Waals surface area contributed by atoms with E-state index in [1.165, 1.54) is 7.11 Å². The molecule has 9 nitrogen and oxygen atoms in total. The predicted molar refractivity (Wildman–Crippen MR) is 126 cm³/mol. The van der Waals surface area contributed by atoms with Crippen LogP contribution in [0, 0.1) is 11.8 Å². The number of rotatable bonds is 12. The van der Waals surface area contributed by atoms with Gasteiger partial charge in [-0.25, -0.2) is 4.79 Å². The fraction of sp³-hybridized carbons (Fsp3) is 0.500. The minimum absolute atomic E-state index is 0.247. The first-order valence-electron chi connectivity index (χ1n) is 11.4. The molecule has 0 saturated carbocycles. The number of aliphatic hydroxyl groups excluding tert-OH is 1. The van der Waals surface area contributed by atoms with Crippen LogP contribution in [0.15, 0.2) is 55.6 Å². The first kappa shape index (κ1) is 28.2. The molecule has 9 heteroatoms. The van der Waals surface area contributed by atoms with Crippen LogP contribution < -0.4 is 0 Å². The Kier molecular flexibility index (Phi) is 11.1. The van der Waals surface area contributed by atoms with Gasteiger partial charge in [-0.05, 0) is 25.0 Å². The second-order valence-corrected chi connectivity index (χ2v) is 8.35. The SMILES string of the molecule is C=CC[C@@H](C)C(=O)O[C@@H]1[C@H](OC(=O)[C@H](C)CC=C)[C@@H](OC)O[C@H](CO)[C@H]1OC(=O)c1ccccc1. The Labute approximate surface area is 205 Å². The summed E-state index contributed by atoms with van der Waals surface area (Å²) in [5.74, 6) is -3.05. The zero-order chi connectivity index (χ0) is 26.0. The molecule has 1 aliphatic heterocycles. The minimum Gasteiger partial charge on any atom is -0.454 e. The molecule has 1 aliphatic rings. The molecular weight excluding hydrogens is 456 g/mol. The molecule has 1 N–H and O–H groups in total. The molecule has 1 aromatic carbocycles. The molecule has 0 amide bonds. The number of hydrogen-bond acceptors (Lipinski definition) is 9. The quantitative estimate of drug-likeness (QED) is 0.268. The highest BCUT2D eigenvalue weighted by Gasteiger charge is 2.53. The number of allylic oxidation sites excluding steroid dienone is 2. The molecule has 2 rings (SSSR count). The van der Waals surface area contributed by atoms with Crippen molar-refractivity contribution in [2.24, 2.45) is 11.8 Å². The molecule has 0 bridgehead atoms. The van der Waals surface area contributed by atoms with Crippen LogP contribution in [0.2, 0.25) is 0 Å². The minimum atomic E-state index is -1.31. The largest absolute Gasteiger partial charge is 0.454 e. The first-order valence-corrected chi connectivity index (χ1v) is 11.4. The van der Waals surface area contributed by atoms with Gasteiger partial charge in [-0.1, -0.05) is 44.2 Å². The summed E-state index contributed by atoms with van der Waals surface area (Å²) in [7, 11) is 1.32. The molecule has 1 aromatic rings. The second kappa shape index (κ2) is 13.8. The highest BCUT2D eigenvalue weighted by molar-refractivity contribution is 5.89. The lowest BCUT2D eigenvalue weighted by Crippen LogP contribution is -2.63. The van der Waals surface area contributed by atoms with Crippen LogP contribution in [0.5, 0.6) is 0 Å². The summed E-state index contributed by atoms with van der Waals surface area (Å²) in [6, 6.07) is 8.18. The van der Waals surface area contributed by atoms with E-state index < -0.39 is 67.1 Å². The van der Waals surface area contributed by atoms with Crippen LogP contribution in [0.1, 0.15) is 37.0 Å². The van der Waals surface area contributed by atoms with Crippen LogP contribution in [-0.4, -0.2) is 67.4 Å². The second-order valence-electron chi connectivity index (χ2n) is 8.35. The summed E-state index contributed by atoms with van der Waals surface area (Å²) in [4.78, 5) is 38.4. The van der Waals surface area contributed by atoms with Gasteiger partial charge in [0, 0.05) is 7.11 Å². The Hall–Kier alpha value is -3.01. The van der Waals surface area contributed by atoms with E-state index in [9.17, 15) is 19.5 Å². The number of aliphatic hydroxyl groups is 1. The van der Waals surface area contributed by atoms with Crippen LogP contribution in [-0.2, 0) is 33.3 Å². The molecule has 7 atom stereocenters. The lowest BCUT2D eigenvalue weighted by Gasteiger charge is -2.44. The average molecular weight is 491 g/mol. The standard InChI is InChI=1S/C26H34O9/c1-6-11-16(3)23(28)34-21-20(33-25(30)18-13-9-8-10-14-18)19(15-27)32-26(31-5)22(21)35-24(29)17(4)12-7-2/h6-10,13-14,16-17,19-22,26-27H,1-2,11-12,15H2,3-5H3/t16-,17-,19-,20-,21+,22+,26+/m1/s1. The van der Waals surface area contributed by atoms with Crippen molar-refractivity contribution in [3.63, 3.8) is 0 Å². The van der Waals surface area contributed by atoms with Crippen molar-refractivity contribution in [2.75, 3.05) is 13.7 Å². The van der Waals surface area contributed by atoms with Crippen molar-refractivity contribution >= 4 is 17.9 Å². The van der Waals surface area contributed by atoms with Gasteiger partial charge in [-0.3, -0.25) is 9.59 Å². The Morgan fingerprint density at radius 2 is 1.49 bits per heavy atom. The zero-order valence-electron chi connectivity index (χ0n) is 20.3. The normalized spacial score (nSPS) is 25.5. The number of carbonyl (C=O) groups is 3. The molecule has 0 aromatic heterocycles.